The lowest BCUT2D eigenvalue weighted by atomic mass is 9.76. The fourth-order valence-corrected chi connectivity index (χ4v) is 2.80. The predicted molar refractivity (Wildman–Crippen MR) is 92.9 cm³/mol. The molecule has 1 N–H and O–H groups in total. The number of nitrogens with one attached hydrogen (secondary N) is 1. The molecule has 4 nitrogen and oxygen atoms in total. The van der Waals surface area contributed by atoms with Crippen molar-refractivity contribution in [3.8, 4) is 0 Å². The maximum absolute atomic E-state index is 12.3. The normalized spacial score (nSPS) is 11.2. The van der Waals surface area contributed by atoms with Crippen LogP contribution in [0.4, 0.5) is 0 Å². The number of hydrogen-bond acceptors (Lipinski definition) is 3. The summed E-state index contributed by atoms with van der Waals surface area (Å²) in [6.07, 6.45) is 0. The number of amides is 1. The first-order valence-electron chi connectivity index (χ1n) is 7.92. The van der Waals surface area contributed by atoms with Crippen LogP contribution < -0.4 is 5.32 Å². The Morgan fingerprint density at radius 1 is 1.04 bits per heavy atom. The van der Waals surface area contributed by atoms with Gasteiger partial charge in [-0.1, -0.05) is 65.8 Å². The third kappa shape index (κ3) is 3.23. The van der Waals surface area contributed by atoms with E-state index in [1.54, 1.807) is 13.0 Å². The number of rotatable bonds is 5. The molecule has 3 aromatic rings. The Hall–Kier alpha value is -2.88. The van der Waals surface area contributed by atoms with E-state index < -0.39 is 0 Å². The zero-order valence-electron chi connectivity index (χ0n) is 13.8. The Kier molecular flexibility index (Phi) is 4.47. The molecular weight excluding hydrogens is 300 g/mol. The van der Waals surface area contributed by atoms with Gasteiger partial charge in [0.1, 0.15) is 0 Å². The summed E-state index contributed by atoms with van der Waals surface area (Å²) < 4.78 is 5.04. The van der Waals surface area contributed by atoms with Gasteiger partial charge in [0.25, 0.3) is 5.91 Å². The summed E-state index contributed by atoms with van der Waals surface area (Å²) in [6.45, 7) is 4.38. The summed E-state index contributed by atoms with van der Waals surface area (Å²) in [6, 6.07) is 22.0. The summed E-state index contributed by atoms with van der Waals surface area (Å²) >= 11 is 0. The molecule has 0 atom stereocenters. The van der Waals surface area contributed by atoms with Crippen molar-refractivity contribution in [3.63, 3.8) is 0 Å². The van der Waals surface area contributed by atoms with Crippen LogP contribution in [-0.4, -0.2) is 17.6 Å². The molecule has 1 amide bonds. The zero-order valence-corrected chi connectivity index (χ0v) is 13.8. The van der Waals surface area contributed by atoms with Gasteiger partial charge in [-0.3, -0.25) is 4.79 Å². The van der Waals surface area contributed by atoms with Gasteiger partial charge in [0.2, 0.25) is 5.76 Å². The molecule has 1 aromatic heterocycles. The fraction of sp³-hybridized carbons (Fsp3) is 0.200. The Labute approximate surface area is 141 Å². The number of aromatic nitrogens is 1. The number of carbonyl (C=O) groups is 1. The molecule has 0 saturated carbocycles. The van der Waals surface area contributed by atoms with Gasteiger partial charge in [0.15, 0.2) is 0 Å². The molecule has 122 valence electrons. The highest BCUT2D eigenvalue weighted by Gasteiger charge is 2.29. The zero-order chi connectivity index (χ0) is 17.0. The summed E-state index contributed by atoms with van der Waals surface area (Å²) in [5, 5.41) is 6.74. The van der Waals surface area contributed by atoms with Gasteiger partial charge in [-0.25, -0.2) is 0 Å². The number of benzene rings is 2. The number of hydrogen-bond donors (Lipinski definition) is 1. The third-order valence-corrected chi connectivity index (χ3v) is 4.28. The van der Waals surface area contributed by atoms with E-state index in [2.05, 4.69) is 41.7 Å². The summed E-state index contributed by atoms with van der Waals surface area (Å²) in [5.74, 6) is -0.0235. The maximum Gasteiger partial charge on any atom is 0.289 e. The minimum absolute atomic E-state index is 0.232. The molecular formula is C20H20N2O2. The van der Waals surface area contributed by atoms with Gasteiger partial charge in [0.05, 0.1) is 5.69 Å². The van der Waals surface area contributed by atoms with Crippen LogP contribution in [0.1, 0.15) is 34.3 Å². The van der Waals surface area contributed by atoms with Gasteiger partial charge in [0, 0.05) is 18.0 Å². The average molecular weight is 320 g/mol. The number of nitrogens with zero attached hydrogens (tertiary/aromatic N) is 1. The lowest BCUT2D eigenvalue weighted by molar-refractivity contribution is 0.0910. The van der Waals surface area contributed by atoms with E-state index in [4.69, 9.17) is 4.52 Å². The third-order valence-electron chi connectivity index (χ3n) is 4.28. The predicted octanol–water partition coefficient (Wildman–Crippen LogP) is 3.72. The average Bonchev–Trinajstić information content (AvgIpc) is 3.07. The first-order chi connectivity index (χ1) is 11.6. The Bertz CT molecular complexity index is 770. The Balaban J connectivity index is 1.87. The number of aryl methyl sites for hydroxylation is 1. The van der Waals surface area contributed by atoms with Crippen LogP contribution >= 0.6 is 0 Å². The molecule has 0 radical (unpaired) electrons. The van der Waals surface area contributed by atoms with Crippen molar-refractivity contribution in [3.05, 3.63) is 89.3 Å². The largest absolute Gasteiger partial charge is 0.351 e. The summed E-state index contributed by atoms with van der Waals surface area (Å²) in [7, 11) is 0. The highest BCUT2D eigenvalue weighted by Crippen LogP contribution is 2.31. The van der Waals surface area contributed by atoms with Crippen molar-refractivity contribution in [1.29, 1.82) is 0 Å². The van der Waals surface area contributed by atoms with E-state index >= 15 is 0 Å². The van der Waals surface area contributed by atoms with E-state index in [0.29, 0.717) is 12.2 Å². The topological polar surface area (TPSA) is 55.1 Å². The second-order valence-corrected chi connectivity index (χ2v) is 6.08. The highest BCUT2D eigenvalue weighted by atomic mass is 16.5. The van der Waals surface area contributed by atoms with Crippen LogP contribution in [-0.2, 0) is 5.41 Å². The van der Waals surface area contributed by atoms with Crippen molar-refractivity contribution in [2.45, 2.75) is 19.3 Å². The molecule has 4 heteroatoms. The molecule has 0 bridgehead atoms. The van der Waals surface area contributed by atoms with Crippen LogP contribution in [0.25, 0.3) is 0 Å². The molecule has 0 aliphatic rings. The first kappa shape index (κ1) is 16.0. The molecule has 2 aromatic carbocycles. The molecule has 0 aliphatic carbocycles. The van der Waals surface area contributed by atoms with Crippen molar-refractivity contribution in [2.24, 2.45) is 0 Å². The van der Waals surface area contributed by atoms with Gasteiger partial charge in [-0.2, -0.15) is 0 Å². The lowest BCUT2D eigenvalue weighted by Gasteiger charge is -2.31. The van der Waals surface area contributed by atoms with Crippen LogP contribution in [0.3, 0.4) is 0 Å². The molecule has 0 spiro atoms. The Morgan fingerprint density at radius 3 is 2.04 bits per heavy atom. The second-order valence-electron chi connectivity index (χ2n) is 6.08. The molecule has 0 unspecified atom stereocenters. The van der Waals surface area contributed by atoms with E-state index in [0.717, 1.165) is 11.1 Å². The quantitative estimate of drug-likeness (QED) is 0.779. The van der Waals surface area contributed by atoms with Crippen molar-refractivity contribution in [2.75, 3.05) is 6.54 Å². The summed E-state index contributed by atoms with van der Waals surface area (Å²) in [4.78, 5) is 12.3. The Morgan fingerprint density at radius 2 is 1.58 bits per heavy atom. The lowest BCUT2D eigenvalue weighted by Crippen LogP contribution is -2.39. The van der Waals surface area contributed by atoms with Gasteiger partial charge in [-0.05, 0) is 25.0 Å². The smallest absolute Gasteiger partial charge is 0.289 e. The molecule has 0 saturated heterocycles. The monoisotopic (exact) mass is 320 g/mol. The fourth-order valence-electron chi connectivity index (χ4n) is 2.80. The standard InChI is InChI=1S/C20H20N2O2/c1-15-13-18(24-22-15)19(23)21-14-20(2,16-9-5-3-6-10-16)17-11-7-4-8-12-17/h3-13H,14H2,1-2H3,(H,21,23). The minimum atomic E-state index is -0.340. The maximum atomic E-state index is 12.3. The first-order valence-corrected chi connectivity index (χ1v) is 7.92. The van der Waals surface area contributed by atoms with Crippen LogP contribution in [0.15, 0.2) is 71.3 Å². The van der Waals surface area contributed by atoms with Crippen LogP contribution in [0.5, 0.6) is 0 Å². The van der Waals surface area contributed by atoms with Crippen molar-refractivity contribution >= 4 is 5.91 Å². The van der Waals surface area contributed by atoms with Crippen LogP contribution in [0, 0.1) is 6.92 Å². The van der Waals surface area contributed by atoms with Gasteiger partial charge in [-0.15, -0.1) is 0 Å². The molecule has 0 aliphatic heterocycles. The second kappa shape index (κ2) is 6.71. The minimum Gasteiger partial charge on any atom is -0.351 e. The molecule has 3 rings (SSSR count). The molecule has 1 heterocycles. The van der Waals surface area contributed by atoms with Gasteiger partial charge >= 0.3 is 0 Å². The van der Waals surface area contributed by atoms with E-state index in [1.807, 2.05) is 36.4 Å². The van der Waals surface area contributed by atoms with Crippen LogP contribution in [0.2, 0.25) is 0 Å². The van der Waals surface area contributed by atoms with Gasteiger partial charge < -0.3 is 9.84 Å². The number of carbonyl (C=O) groups excluding carboxylic acids is 1. The molecule has 24 heavy (non-hydrogen) atoms. The highest BCUT2D eigenvalue weighted by molar-refractivity contribution is 5.91. The van der Waals surface area contributed by atoms with E-state index in [9.17, 15) is 4.79 Å². The molecule has 0 fully saturated rings. The van der Waals surface area contributed by atoms with E-state index in [1.165, 1.54) is 0 Å². The SMILES string of the molecule is Cc1cc(C(=O)NCC(C)(c2ccccc2)c2ccccc2)on1. The van der Waals surface area contributed by atoms with Crippen molar-refractivity contribution < 1.29 is 9.32 Å². The summed E-state index contributed by atoms with van der Waals surface area (Å²) in [5.41, 5.74) is 2.64. The van der Waals surface area contributed by atoms with E-state index in [-0.39, 0.29) is 17.1 Å². The van der Waals surface area contributed by atoms with Crippen molar-refractivity contribution in [1.82, 2.24) is 10.5 Å².